The predicted molar refractivity (Wildman–Crippen MR) is 91.5 cm³/mol. The van der Waals surface area contributed by atoms with Crippen LogP contribution in [0.4, 0.5) is 4.39 Å². The maximum Gasteiger partial charge on any atom is 0.252 e. The lowest BCUT2D eigenvalue weighted by Crippen LogP contribution is -2.40. The van der Waals surface area contributed by atoms with E-state index in [2.05, 4.69) is 5.32 Å². The van der Waals surface area contributed by atoms with Gasteiger partial charge in [-0.2, -0.15) is 4.31 Å². The van der Waals surface area contributed by atoms with Crippen molar-refractivity contribution < 1.29 is 22.3 Å². The summed E-state index contributed by atoms with van der Waals surface area (Å²) in [6.45, 7) is 1.64. The Balaban J connectivity index is 1.64. The van der Waals surface area contributed by atoms with Gasteiger partial charge in [0.25, 0.3) is 15.9 Å². The number of rotatable bonds is 5. The van der Waals surface area contributed by atoms with Gasteiger partial charge in [0.05, 0.1) is 19.8 Å². The number of carbonyl (C=O) groups is 1. The molecule has 25 heavy (non-hydrogen) atoms. The number of sulfonamides is 1. The smallest absolute Gasteiger partial charge is 0.252 e. The van der Waals surface area contributed by atoms with Crippen molar-refractivity contribution in [3.63, 3.8) is 0 Å². The molecular formula is C16H17FN2O4S2. The molecule has 134 valence electrons. The molecule has 1 aliphatic heterocycles. The van der Waals surface area contributed by atoms with Gasteiger partial charge in [0.2, 0.25) is 0 Å². The number of benzene rings is 1. The van der Waals surface area contributed by atoms with Crippen LogP contribution in [0.2, 0.25) is 0 Å². The van der Waals surface area contributed by atoms with Crippen molar-refractivity contribution in [2.45, 2.75) is 10.8 Å². The van der Waals surface area contributed by atoms with E-state index in [0.29, 0.717) is 31.2 Å². The van der Waals surface area contributed by atoms with Crippen LogP contribution in [-0.2, 0) is 21.3 Å². The molecule has 1 saturated heterocycles. The lowest BCUT2D eigenvalue weighted by Gasteiger charge is -2.25. The molecule has 0 spiro atoms. The first kappa shape index (κ1) is 18.0. The maximum absolute atomic E-state index is 13.1. The second-order valence-electron chi connectivity index (χ2n) is 5.43. The highest BCUT2D eigenvalue weighted by atomic mass is 32.2. The second kappa shape index (κ2) is 7.61. The van der Waals surface area contributed by atoms with Gasteiger partial charge in [0, 0.05) is 23.5 Å². The minimum absolute atomic E-state index is 0.179. The molecule has 0 bridgehead atoms. The van der Waals surface area contributed by atoms with Gasteiger partial charge in [0.15, 0.2) is 0 Å². The van der Waals surface area contributed by atoms with E-state index >= 15 is 0 Å². The Hall–Kier alpha value is -1.81. The lowest BCUT2D eigenvalue weighted by atomic mass is 10.2. The Labute approximate surface area is 149 Å². The minimum atomic E-state index is -3.53. The number of nitrogens with one attached hydrogen (secondary N) is 1. The molecule has 2 aromatic rings. The van der Waals surface area contributed by atoms with Gasteiger partial charge in [0.1, 0.15) is 10.0 Å². The van der Waals surface area contributed by atoms with Gasteiger partial charge >= 0.3 is 0 Å². The molecule has 1 aromatic heterocycles. The average Bonchev–Trinajstić information content (AvgIpc) is 3.10. The summed E-state index contributed by atoms with van der Waals surface area (Å²) in [6, 6.07) is 8.60. The van der Waals surface area contributed by atoms with Crippen molar-refractivity contribution in [2.75, 3.05) is 26.3 Å². The van der Waals surface area contributed by atoms with Gasteiger partial charge in [-0.15, -0.1) is 11.3 Å². The standard InChI is InChI=1S/C16H17FN2O4S2/c17-13-3-1-2-12(10-13)16(20)18-11-14-4-5-15(24-14)25(21,22)19-6-8-23-9-7-19/h1-5,10H,6-9,11H2,(H,18,20). The van der Waals surface area contributed by atoms with Crippen LogP contribution in [0.3, 0.4) is 0 Å². The van der Waals surface area contributed by atoms with E-state index in [0.717, 1.165) is 17.4 Å². The number of hydrogen-bond donors (Lipinski definition) is 1. The van der Waals surface area contributed by atoms with E-state index in [1.165, 1.54) is 22.5 Å². The molecule has 0 saturated carbocycles. The lowest BCUT2D eigenvalue weighted by molar-refractivity contribution is 0.0731. The Kier molecular flexibility index (Phi) is 5.48. The molecule has 9 heteroatoms. The van der Waals surface area contributed by atoms with Gasteiger partial charge in [-0.3, -0.25) is 4.79 Å². The van der Waals surface area contributed by atoms with E-state index in [9.17, 15) is 17.6 Å². The number of morpholine rings is 1. The SMILES string of the molecule is O=C(NCc1ccc(S(=O)(=O)N2CCOCC2)s1)c1cccc(F)c1. The molecule has 1 amide bonds. The number of carbonyl (C=O) groups excluding carboxylic acids is 1. The maximum atomic E-state index is 13.1. The van der Waals surface area contributed by atoms with Crippen LogP contribution in [0.15, 0.2) is 40.6 Å². The van der Waals surface area contributed by atoms with E-state index < -0.39 is 21.7 Å². The number of amides is 1. The van der Waals surface area contributed by atoms with Crippen LogP contribution in [0.5, 0.6) is 0 Å². The van der Waals surface area contributed by atoms with Crippen LogP contribution in [0.1, 0.15) is 15.2 Å². The van der Waals surface area contributed by atoms with Gasteiger partial charge in [-0.25, -0.2) is 12.8 Å². The van der Waals surface area contributed by atoms with Crippen LogP contribution in [0.25, 0.3) is 0 Å². The number of ether oxygens (including phenoxy) is 1. The van der Waals surface area contributed by atoms with Gasteiger partial charge in [-0.1, -0.05) is 6.07 Å². The molecule has 1 N–H and O–H groups in total. The summed E-state index contributed by atoms with van der Waals surface area (Å²) >= 11 is 1.11. The molecule has 1 fully saturated rings. The zero-order chi connectivity index (χ0) is 17.9. The summed E-state index contributed by atoms with van der Waals surface area (Å²) in [5.74, 6) is -0.895. The average molecular weight is 384 g/mol. The second-order valence-corrected chi connectivity index (χ2v) is 8.76. The fraction of sp³-hybridized carbons (Fsp3) is 0.312. The largest absolute Gasteiger partial charge is 0.379 e. The highest BCUT2D eigenvalue weighted by Gasteiger charge is 2.27. The first-order chi connectivity index (χ1) is 12.0. The zero-order valence-corrected chi connectivity index (χ0v) is 14.9. The third-order valence-electron chi connectivity index (χ3n) is 3.71. The molecule has 0 unspecified atom stereocenters. The third kappa shape index (κ3) is 4.24. The molecule has 1 aromatic carbocycles. The van der Waals surface area contributed by atoms with E-state index in [-0.39, 0.29) is 16.3 Å². The minimum Gasteiger partial charge on any atom is -0.379 e. The first-order valence-electron chi connectivity index (χ1n) is 7.67. The molecule has 3 rings (SSSR count). The third-order valence-corrected chi connectivity index (χ3v) is 7.16. The Morgan fingerprint density at radius 1 is 1.24 bits per heavy atom. The van der Waals surface area contributed by atoms with E-state index in [1.54, 1.807) is 12.1 Å². The number of thiophene rings is 1. The molecule has 0 radical (unpaired) electrons. The summed E-state index contributed by atoms with van der Waals surface area (Å²) < 4.78 is 45.1. The van der Waals surface area contributed by atoms with Crippen molar-refractivity contribution in [2.24, 2.45) is 0 Å². The van der Waals surface area contributed by atoms with Crippen LogP contribution >= 0.6 is 11.3 Å². The molecule has 1 aliphatic rings. The molecule has 0 aliphatic carbocycles. The fourth-order valence-corrected chi connectivity index (χ4v) is 5.26. The number of halogens is 1. The molecular weight excluding hydrogens is 367 g/mol. The van der Waals surface area contributed by atoms with Crippen molar-refractivity contribution in [3.8, 4) is 0 Å². The van der Waals surface area contributed by atoms with Crippen LogP contribution in [-0.4, -0.2) is 44.9 Å². The predicted octanol–water partition coefficient (Wildman–Crippen LogP) is 1.84. The van der Waals surface area contributed by atoms with Crippen LogP contribution < -0.4 is 5.32 Å². The van der Waals surface area contributed by atoms with Crippen molar-refractivity contribution in [3.05, 3.63) is 52.7 Å². The molecule has 6 nitrogen and oxygen atoms in total. The van der Waals surface area contributed by atoms with Crippen molar-refractivity contribution >= 4 is 27.3 Å². The summed E-state index contributed by atoms with van der Waals surface area (Å²) in [5.41, 5.74) is 0.220. The van der Waals surface area contributed by atoms with Crippen molar-refractivity contribution in [1.29, 1.82) is 0 Å². The van der Waals surface area contributed by atoms with Crippen LogP contribution in [0, 0.1) is 5.82 Å². The summed E-state index contributed by atoms with van der Waals surface area (Å²) in [6.07, 6.45) is 0. The van der Waals surface area contributed by atoms with Gasteiger partial charge < -0.3 is 10.1 Å². The summed E-state index contributed by atoms with van der Waals surface area (Å²) in [4.78, 5) is 12.7. The highest BCUT2D eigenvalue weighted by Crippen LogP contribution is 2.25. The topological polar surface area (TPSA) is 75.7 Å². The van der Waals surface area contributed by atoms with Crippen molar-refractivity contribution in [1.82, 2.24) is 9.62 Å². The fourth-order valence-electron chi connectivity index (χ4n) is 2.41. The molecule has 2 heterocycles. The normalized spacial score (nSPS) is 15.9. The summed E-state index contributed by atoms with van der Waals surface area (Å²) in [5, 5.41) is 2.66. The Bertz CT molecular complexity index is 861. The highest BCUT2D eigenvalue weighted by molar-refractivity contribution is 7.91. The first-order valence-corrected chi connectivity index (χ1v) is 9.93. The van der Waals surface area contributed by atoms with Gasteiger partial charge in [-0.05, 0) is 30.3 Å². The summed E-state index contributed by atoms with van der Waals surface area (Å²) in [7, 11) is -3.53. The Morgan fingerprint density at radius 3 is 2.72 bits per heavy atom. The van der Waals surface area contributed by atoms with E-state index in [1.807, 2.05) is 0 Å². The van der Waals surface area contributed by atoms with E-state index in [4.69, 9.17) is 4.74 Å². The monoisotopic (exact) mass is 384 g/mol. The zero-order valence-electron chi connectivity index (χ0n) is 13.3. The Morgan fingerprint density at radius 2 is 2.00 bits per heavy atom. The number of nitrogens with zero attached hydrogens (tertiary/aromatic N) is 1. The quantitative estimate of drug-likeness (QED) is 0.854. The molecule has 0 atom stereocenters. The number of hydrogen-bond acceptors (Lipinski definition) is 5.